The van der Waals surface area contributed by atoms with Crippen molar-refractivity contribution in [1.29, 1.82) is 0 Å². The molecule has 1 amide bonds. The Balaban J connectivity index is 0.000000257. The molecule has 0 aliphatic rings. The predicted molar refractivity (Wildman–Crippen MR) is 98.7 cm³/mol. The maximum atomic E-state index is 10.5. The maximum Gasteiger partial charge on any atom is 0.307 e. The average molecular weight is 343 g/mol. The van der Waals surface area contributed by atoms with E-state index in [4.69, 9.17) is 10.2 Å². The second-order valence-corrected chi connectivity index (χ2v) is 6.21. The summed E-state index contributed by atoms with van der Waals surface area (Å²) >= 11 is 0. The number of amides is 1. The van der Waals surface area contributed by atoms with Crippen LogP contribution in [-0.2, 0) is 22.4 Å². The van der Waals surface area contributed by atoms with E-state index < -0.39 is 5.97 Å². The van der Waals surface area contributed by atoms with E-state index in [0.29, 0.717) is 11.6 Å². The quantitative estimate of drug-likeness (QED) is 0.720. The van der Waals surface area contributed by atoms with Gasteiger partial charge in [-0.2, -0.15) is 0 Å². The van der Waals surface area contributed by atoms with Crippen LogP contribution in [0.3, 0.4) is 0 Å². The fourth-order valence-corrected chi connectivity index (χ4v) is 2.19. The molecule has 0 radical (unpaired) electrons. The summed E-state index contributed by atoms with van der Waals surface area (Å²) in [4.78, 5) is 21.0. The lowest BCUT2D eigenvalue weighted by atomic mass is 10.0. The minimum Gasteiger partial charge on any atom is -0.508 e. The van der Waals surface area contributed by atoms with Gasteiger partial charge in [0, 0.05) is 12.6 Å². The van der Waals surface area contributed by atoms with Gasteiger partial charge >= 0.3 is 5.97 Å². The Hall–Kier alpha value is -2.82. The first-order valence-corrected chi connectivity index (χ1v) is 8.12. The SMILES string of the molecule is CC(=O)Nc1ccc(O)cc1.CC(C)Cc1ccc(CC(=O)O)cc1. The van der Waals surface area contributed by atoms with Gasteiger partial charge in [0.25, 0.3) is 0 Å². The summed E-state index contributed by atoms with van der Waals surface area (Å²) in [6.07, 6.45) is 1.16. The van der Waals surface area contributed by atoms with Crippen molar-refractivity contribution in [3.63, 3.8) is 0 Å². The van der Waals surface area contributed by atoms with Crippen LogP contribution >= 0.6 is 0 Å². The second kappa shape index (κ2) is 10.1. The minimum absolute atomic E-state index is 0.113. The molecule has 0 unspecified atom stereocenters. The van der Waals surface area contributed by atoms with Gasteiger partial charge in [-0.1, -0.05) is 38.1 Å². The molecule has 0 saturated carbocycles. The van der Waals surface area contributed by atoms with Crippen molar-refractivity contribution in [2.24, 2.45) is 5.92 Å². The fraction of sp³-hybridized carbons (Fsp3) is 0.300. The van der Waals surface area contributed by atoms with Crippen LogP contribution in [0.4, 0.5) is 5.69 Å². The van der Waals surface area contributed by atoms with Crippen LogP contribution in [0, 0.1) is 5.92 Å². The summed E-state index contributed by atoms with van der Waals surface area (Å²) < 4.78 is 0. The zero-order valence-electron chi connectivity index (χ0n) is 14.8. The highest BCUT2D eigenvalue weighted by Gasteiger charge is 2.01. The highest BCUT2D eigenvalue weighted by Crippen LogP contribution is 2.13. The Kier molecular flexibility index (Phi) is 8.19. The van der Waals surface area contributed by atoms with Gasteiger partial charge in [-0.15, -0.1) is 0 Å². The summed E-state index contributed by atoms with van der Waals surface area (Å²) in [6.45, 7) is 5.78. The molecule has 0 spiro atoms. The van der Waals surface area contributed by atoms with Crippen LogP contribution in [0.5, 0.6) is 5.75 Å². The van der Waals surface area contributed by atoms with Crippen LogP contribution in [0.15, 0.2) is 48.5 Å². The molecular weight excluding hydrogens is 318 g/mol. The Bertz CT molecular complexity index is 676. The summed E-state index contributed by atoms with van der Waals surface area (Å²) in [6, 6.07) is 14.1. The third kappa shape index (κ3) is 9.15. The number of benzene rings is 2. The highest BCUT2D eigenvalue weighted by atomic mass is 16.4. The van der Waals surface area contributed by atoms with Gasteiger partial charge in [-0.25, -0.2) is 0 Å². The molecule has 0 saturated heterocycles. The number of rotatable bonds is 5. The third-order valence-electron chi connectivity index (χ3n) is 3.21. The van der Waals surface area contributed by atoms with E-state index in [9.17, 15) is 9.59 Å². The van der Waals surface area contributed by atoms with E-state index in [-0.39, 0.29) is 18.1 Å². The number of phenols is 1. The molecule has 5 nitrogen and oxygen atoms in total. The first kappa shape index (κ1) is 20.2. The number of carboxylic acids is 1. The first-order chi connectivity index (χ1) is 11.8. The van der Waals surface area contributed by atoms with Crippen molar-refractivity contribution < 1.29 is 19.8 Å². The number of hydrogen-bond acceptors (Lipinski definition) is 3. The minimum atomic E-state index is -0.776. The number of carboxylic acid groups (broad SMARTS) is 1. The van der Waals surface area contributed by atoms with E-state index in [0.717, 1.165) is 12.0 Å². The number of hydrogen-bond donors (Lipinski definition) is 3. The van der Waals surface area contributed by atoms with Crippen molar-refractivity contribution >= 4 is 17.6 Å². The van der Waals surface area contributed by atoms with E-state index in [1.165, 1.54) is 24.6 Å². The van der Waals surface area contributed by atoms with Gasteiger partial charge in [-0.05, 0) is 47.7 Å². The number of carbonyl (C=O) groups is 2. The second-order valence-electron chi connectivity index (χ2n) is 6.21. The zero-order chi connectivity index (χ0) is 18.8. The molecule has 25 heavy (non-hydrogen) atoms. The number of aromatic hydroxyl groups is 1. The van der Waals surface area contributed by atoms with Gasteiger partial charge in [0.2, 0.25) is 5.91 Å². The van der Waals surface area contributed by atoms with E-state index in [1.54, 1.807) is 12.1 Å². The van der Waals surface area contributed by atoms with Crippen LogP contribution in [0.1, 0.15) is 31.9 Å². The summed E-state index contributed by atoms with van der Waals surface area (Å²) in [7, 11) is 0. The number of aliphatic carboxylic acids is 1. The lowest BCUT2D eigenvalue weighted by Gasteiger charge is -2.05. The van der Waals surface area contributed by atoms with Crippen molar-refractivity contribution in [2.45, 2.75) is 33.6 Å². The highest BCUT2D eigenvalue weighted by molar-refractivity contribution is 5.88. The third-order valence-corrected chi connectivity index (χ3v) is 3.21. The van der Waals surface area contributed by atoms with Crippen molar-refractivity contribution in [2.75, 3.05) is 5.32 Å². The Morgan fingerprint density at radius 1 is 0.960 bits per heavy atom. The summed E-state index contributed by atoms with van der Waals surface area (Å²) in [5.74, 6) is -0.0586. The standard InChI is InChI=1S/C12H16O2.C8H9NO2/c1-9(2)7-10-3-5-11(6-4-10)8-12(13)14;1-6(10)9-7-2-4-8(11)5-3-7/h3-6,9H,7-8H2,1-2H3,(H,13,14);2-5,11H,1H3,(H,9,10). The molecule has 5 heteroatoms. The van der Waals surface area contributed by atoms with Gasteiger partial charge in [0.05, 0.1) is 6.42 Å². The molecule has 0 atom stereocenters. The van der Waals surface area contributed by atoms with Gasteiger partial charge in [0.1, 0.15) is 5.75 Å². The van der Waals surface area contributed by atoms with E-state index in [1.807, 2.05) is 24.3 Å². The molecule has 0 aliphatic heterocycles. The van der Waals surface area contributed by atoms with E-state index in [2.05, 4.69) is 19.2 Å². The molecule has 2 rings (SSSR count). The summed E-state index contributed by atoms with van der Waals surface area (Å²) in [5.41, 5.74) is 2.83. The van der Waals surface area contributed by atoms with Crippen LogP contribution in [-0.4, -0.2) is 22.1 Å². The lowest BCUT2D eigenvalue weighted by molar-refractivity contribution is -0.136. The largest absolute Gasteiger partial charge is 0.508 e. The Labute approximate surface area is 148 Å². The van der Waals surface area contributed by atoms with E-state index >= 15 is 0 Å². The number of nitrogens with one attached hydrogen (secondary N) is 1. The van der Waals surface area contributed by atoms with Crippen LogP contribution < -0.4 is 5.32 Å². The van der Waals surface area contributed by atoms with Crippen LogP contribution in [0.2, 0.25) is 0 Å². The van der Waals surface area contributed by atoms with Gasteiger partial charge < -0.3 is 15.5 Å². The molecule has 3 N–H and O–H groups in total. The molecular formula is C20H25NO4. The Morgan fingerprint density at radius 2 is 1.48 bits per heavy atom. The predicted octanol–water partition coefficient (Wildman–Crippen LogP) is 3.86. The van der Waals surface area contributed by atoms with Crippen molar-refractivity contribution in [1.82, 2.24) is 0 Å². The monoisotopic (exact) mass is 343 g/mol. The Morgan fingerprint density at radius 3 is 1.92 bits per heavy atom. The van der Waals surface area contributed by atoms with Gasteiger partial charge in [-0.3, -0.25) is 9.59 Å². The number of anilines is 1. The maximum absolute atomic E-state index is 10.5. The number of phenolic OH excluding ortho intramolecular Hbond substituents is 1. The molecule has 2 aromatic rings. The average Bonchev–Trinajstić information content (AvgIpc) is 2.51. The fourth-order valence-electron chi connectivity index (χ4n) is 2.19. The molecule has 0 heterocycles. The molecule has 0 aliphatic carbocycles. The normalized spacial score (nSPS) is 9.92. The first-order valence-electron chi connectivity index (χ1n) is 8.12. The molecule has 134 valence electrons. The number of carbonyl (C=O) groups excluding carboxylic acids is 1. The summed E-state index contributed by atoms with van der Waals surface area (Å²) in [5, 5.41) is 20.0. The zero-order valence-corrected chi connectivity index (χ0v) is 14.8. The molecule has 0 bridgehead atoms. The van der Waals surface area contributed by atoms with Crippen LogP contribution in [0.25, 0.3) is 0 Å². The lowest BCUT2D eigenvalue weighted by Crippen LogP contribution is -2.04. The van der Waals surface area contributed by atoms with Crippen molar-refractivity contribution in [3.8, 4) is 5.75 Å². The smallest absolute Gasteiger partial charge is 0.307 e. The van der Waals surface area contributed by atoms with Crippen molar-refractivity contribution in [3.05, 3.63) is 59.7 Å². The topological polar surface area (TPSA) is 86.6 Å². The van der Waals surface area contributed by atoms with Gasteiger partial charge in [0.15, 0.2) is 0 Å². The molecule has 2 aromatic carbocycles. The molecule has 0 aromatic heterocycles. The molecule has 0 fully saturated rings.